The number of halogens is 2. The molecule has 0 amide bonds. The summed E-state index contributed by atoms with van der Waals surface area (Å²) < 4.78 is 0.923. The Kier molecular flexibility index (Phi) is 5.10. The number of benzene rings is 1. The van der Waals surface area contributed by atoms with Gasteiger partial charge in [-0.1, -0.05) is 54.2 Å². The quantitative estimate of drug-likeness (QED) is 0.861. The molecule has 1 atom stereocenters. The normalized spacial score (nSPS) is 13.2. The number of hydrogen-bond donors (Lipinski definition) is 1. The minimum absolute atomic E-state index is 0.291. The van der Waals surface area contributed by atoms with Gasteiger partial charge in [0.05, 0.1) is 6.10 Å². The van der Waals surface area contributed by atoms with Gasteiger partial charge in [-0.15, -0.1) is 0 Å². The average molecular weight is 292 g/mol. The number of rotatable bonds is 4. The Bertz CT molecular complexity index is 323. The van der Waals surface area contributed by atoms with E-state index in [1.807, 2.05) is 18.2 Å². The molecular weight excluding hydrogens is 275 g/mol. The molecule has 1 aromatic carbocycles. The smallest absolute Gasteiger partial charge is 0.0829 e. The van der Waals surface area contributed by atoms with Crippen LogP contribution in [0.4, 0.5) is 0 Å². The maximum absolute atomic E-state index is 10.2. The second-order valence-electron chi connectivity index (χ2n) is 3.69. The molecule has 0 bridgehead atoms. The summed E-state index contributed by atoms with van der Waals surface area (Å²) in [5.74, 6) is 0.291. The zero-order valence-electron chi connectivity index (χ0n) is 9.00. The van der Waals surface area contributed by atoms with Gasteiger partial charge in [-0.3, -0.25) is 0 Å². The first-order valence-electron chi connectivity index (χ1n) is 5.23. The second-order valence-corrected chi connectivity index (χ2v) is 4.98. The third-order valence-corrected chi connectivity index (χ3v) is 3.73. The molecule has 84 valence electrons. The Morgan fingerprint density at radius 1 is 1.33 bits per heavy atom. The molecule has 15 heavy (non-hydrogen) atoms. The van der Waals surface area contributed by atoms with Crippen LogP contribution in [-0.4, -0.2) is 5.11 Å². The summed E-state index contributed by atoms with van der Waals surface area (Å²) in [5, 5.41) is 10.9. The van der Waals surface area contributed by atoms with Gasteiger partial charge in [-0.2, -0.15) is 0 Å². The maximum atomic E-state index is 10.2. The van der Waals surface area contributed by atoms with Crippen molar-refractivity contribution < 1.29 is 5.11 Å². The molecule has 0 aliphatic carbocycles. The van der Waals surface area contributed by atoms with Crippen molar-refractivity contribution in [3.05, 3.63) is 33.3 Å². The van der Waals surface area contributed by atoms with Gasteiger partial charge in [-0.05, 0) is 29.7 Å². The van der Waals surface area contributed by atoms with E-state index in [9.17, 15) is 5.11 Å². The molecular formula is C12H16BrClO. The van der Waals surface area contributed by atoms with Crippen LogP contribution < -0.4 is 0 Å². The minimum Gasteiger partial charge on any atom is -0.388 e. The van der Waals surface area contributed by atoms with E-state index in [2.05, 4.69) is 29.8 Å². The molecule has 0 radical (unpaired) electrons. The van der Waals surface area contributed by atoms with Gasteiger partial charge in [0.15, 0.2) is 0 Å². The van der Waals surface area contributed by atoms with Crippen LogP contribution in [0.3, 0.4) is 0 Å². The highest BCUT2D eigenvalue weighted by Gasteiger charge is 2.19. The number of hydrogen-bond acceptors (Lipinski definition) is 1. The van der Waals surface area contributed by atoms with Crippen molar-refractivity contribution in [1.82, 2.24) is 0 Å². The van der Waals surface area contributed by atoms with Crippen LogP contribution in [0.5, 0.6) is 0 Å². The molecule has 0 saturated heterocycles. The van der Waals surface area contributed by atoms with Crippen molar-refractivity contribution in [3.8, 4) is 0 Å². The summed E-state index contributed by atoms with van der Waals surface area (Å²) >= 11 is 9.36. The van der Waals surface area contributed by atoms with Crippen LogP contribution in [0.1, 0.15) is 38.4 Å². The van der Waals surface area contributed by atoms with E-state index in [1.165, 1.54) is 0 Å². The minimum atomic E-state index is -0.437. The summed E-state index contributed by atoms with van der Waals surface area (Å²) in [6.07, 6.45) is 1.50. The fraction of sp³-hybridized carbons (Fsp3) is 0.500. The van der Waals surface area contributed by atoms with E-state index < -0.39 is 6.10 Å². The molecule has 3 heteroatoms. The third-order valence-electron chi connectivity index (χ3n) is 2.77. The molecule has 0 spiro atoms. The Morgan fingerprint density at radius 3 is 2.47 bits per heavy atom. The molecule has 1 nitrogen and oxygen atoms in total. The van der Waals surface area contributed by atoms with E-state index in [0.717, 1.165) is 22.9 Å². The molecule has 1 N–H and O–H groups in total. The summed E-state index contributed by atoms with van der Waals surface area (Å²) in [4.78, 5) is 0. The van der Waals surface area contributed by atoms with Crippen LogP contribution in [0, 0.1) is 5.92 Å². The molecule has 0 saturated carbocycles. The largest absolute Gasteiger partial charge is 0.388 e. The summed E-state index contributed by atoms with van der Waals surface area (Å²) in [5.41, 5.74) is 0.885. The van der Waals surface area contributed by atoms with E-state index >= 15 is 0 Å². The predicted molar refractivity (Wildman–Crippen MR) is 68.2 cm³/mol. The zero-order chi connectivity index (χ0) is 11.4. The third kappa shape index (κ3) is 3.20. The average Bonchev–Trinajstić information content (AvgIpc) is 2.23. The molecule has 1 aromatic rings. The van der Waals surface area contributed by atoms with Crippen molar-refractivity contribution in [2.24, 2.45) is 5.92 Å². The highest BCUT2D eigenvalue weighted by atomic mass is 79.9. The highest BCUT2D eigenvalue weighted by Crippen LogP contribution is 2.33. The van der Waals surface area contributed by atoms with Crippen molar-refractivity contribution in [1.29, 1.82) is 0 Å². The summed E-state index contributed by atoms with van der Waals surface area (Å²) in [6, 6.07) is 5.52. The first-order valence-corrected chi connectivity index (χ1v) is 6.40. The SMILES string of the molecule is CCC(CC)C(O)c1cc(Cl)ccc1Br. The molecule has 0 heterocycles. The molecule has 0 aliphatic heterocycles. The van der Waals surface area contributed by atoms with E-state index in [4.69, 9.17) is 11.6 Å². The molecule has 0 fully saturated rings. The van der Waals surface area contributed by atoms with Gasteiger partial charge in [0.25, 0.3) is 0 Å². The second kappa shape index (κ2) is 5.88. The van der Waals surface area contributed by atoms with E-state index in [-0.39, 0.29) is 0 Å². The Balaban J connectivity index is 2.98. The molecule has 1 rings (SSSR count). The summed E-state index contributed by atoms with van der Waals surface area (Å²) in [6.45, 7) is 4.19. The van der Waals surface area contributed by atoms with Crippen molar-refractivity contribution in [2.75, 3.05) is 0 Å². The van der Waals surface area contributed by atoms with Crippen LogP contribution >= 0.6 is 27.5 Å². The van der Waals surface area contributed by atoms with E-state index in [1.54, 1.807) is 0 Å². The van der Waals surface area contributed by atoms with Gasteiger partial charge >= 0.3 is 0 Å². The Morgan fingerprint density at radius 2 is 1.93 bits per heavy atom. The van der Waals surface area contributed by atoms with Gasteiger partial charge < -0.3 is 5.11 Å². The Hall–Kier alpha value is -0.0500. The standard InChI is InChI=1S/C12H16BrClO/c1-3-8(4-2)12(15)10-7-9(14)5-6-11(10)13/h5-8,12,15H,3-4H2,1-2H3. The van der Waals surface area contributed by atoms with Crippen LogP contribution in [0.15, 0.2) is 22.7 Å². The van der Waals surface area contributed by atoms with Crippen LogP contribution in [0.2, 0.25) is 5.02 Å². The van der Waals surface area contributed by atoms with Crippen LogP contribution in [0.25, 0.3) is 0 Å². The lowest BCUT2D eigenvalue weighted by atomic mass is 9.91. The predicted octanol–water partition coefficient (Wildman–Crippen LogP) is 4.57. The Labute approximate surface area is 105 Å². The molecule has 1 unspecified atom stereocenters. The summed E-state index contributed by atoms with van der Waals surface area (Å²) in [7, 11) is 0. The van der Waals surface area contributed by atoms with Gasteiger partial charge in [0.2, 0.25) is 0 Å². The van der Waals surface area contributed by atoms with Crippen LogP contribution in [-0.2, 0) is 0 Å². The van der Waals surface area contributed by atoms with Crippen molar-refractivity contribution in [2.45, 2.75) is 32.8 Å². The highest BCUT2D eigenvalue weighted by molar-refractivity contribution is 9.10. The molecule has 0 aromatic heterocycles. The lowest BCUT2D eigenvalue weighted by Gasteiger charge is -2.21. The van der Waals surface area contributed by atoms with Gasteiger partial charge in [0, 0.05) is 9.50 Å². The zero-order valence-corrected chi connectivity index (χ0v) is 11.3. The lowest BCUT2D eigenvalue weighted by Crippen LogP contribution is -2.11. The van der Waals surface area contributed by atoms with Gasteiger partial charge in [-0.25, -0.2) is 0 Å². The fourth-order valence-corrected chi connectivity index (χ4v) is 2.39. The lowest BCUT2D eigenvalue weighted by molar-refractivity contribution is 0.103. The first-order chi connectivity index (χ1) is 7.10. The van der Waals surface area contributed by atoms with E-state index in [0.29, 0.717) is 10.9 Å². The topological polar surface area (TPSA) is 20.2 Å². The fourth-order valence-electron chi connectivity index (χ4n) is 1.73. The monoisotopic (exact) mass is 290 g/mol. The maximum Gasteiger partial charge on any atom is 0.0829 e. The van der Waals surface area contributed by atoms with Gasteiger partial charge in [0.1, 0.15) is 0 Å². The van der Waals surface area contributed by atoms with Crippen molar-refractivity contribution in [3.63, 3.8) is 0 Å². The first kappa shape index (κ1) is 13.0. The van der Waals surface area contributed by atoms with Crippen molar-refractivity contribution >= 4 is 27.5 Å². The number of aliphatic hydroxyl groups excluding tert-OH is 1. The molecule has 0 aliphatic rings. The number of aliphatic hydroxyl groups is 1.